The third-order valence-corrected chi connectivity index (χ3v) is 4.85. The fourth-order valence-corrected chi connectivity index (χ4v) is 3.47. The van der Waals surface area contributed by atoms with Crippen LogP contribution in [0.4, 0.5) is 0 Å². The van der Waals surface area contributed by atoms with E-state index in [9.17, 15) is 0 Å². The summed E-state index contributed by atoms with van der Waals surface area (Å²) in [5, 5.41) is 12.5. The number of aromatic nitrogens is 2. The van der Waals surface area contributed by atoms with Crippen LogP contribution in [0, 0.1) is 0 Å². The second-order valence-corrected chi connectivity index (χ2v) is 6.27. The Morgan fingerprint density at radius 1 is 1.24 bits per heavy atom. The second-order valence-electron chi connectivity index (χ2n) is 5.49. The van der Waals surface area contributed by atoms with Gasteiger partial charge in [-0.1, -0.05) is 6.92 Å². The molecule has 1 saturated heterocycles. The van der Waals surface area contributed by atoms with Crippen molar-refractivity contribution in [2.75, 3.05) is 26.2 Å². The van der Waals surface area contributed by atoms with Crippen molar-refractivity contribution < 1.29 is 4.42 Å². The molecule has 1 aliphatic rings. The predicted octanol–water partition coefficient (Wildman–Crippen LogP) is 2.57. The first-order chi connectivity index (χ1) is 10.3. The van der Waals surface area contributed by atoms with E-state index in [1.54, 1.807) is 11.3 Å². The fraction of sp³-hybridized carbons (Fsp3) is 0.600. The van der Waals surface area contributed by atoms with Crippen molar-refractivity contribution >= 4 is 11.3 Å². The third-order valence-electron chi connectivity index (χ3n) is 4.15. The summed E-state index contributed by atoms with van der Waals surface area (Å²) in [5.74, 6) is 1.47. The molecule has 5 nitrogen and oxygen atoms in total. The smallest absolute Gasteiger partial charge is 0.230 e. The van der Waals surface area contributed by atoms with Crippen LogP contribution >= 0.6 is 11.3 Å². The van der Waals surface area contributed by atoms with Crippen LogP contribution in [0.1, 0.15) is 37.2 Å². The Hall–Kier alpha value is -1.24. The van der Waals surface area contributed by atoms with E-state index >= 15 is 0 Å². The minimum Gasteiger partial charge on any atom is -0.424 e. The lowest BCUT2D eigenvalue weighted by Crippen LogP contribution is -2.46. The molecule has 6 heteroatoms. The van der Waals surface area contributed by atoms with E-state index in [1.807, 2.05) is 6.92 Å². The van der Waals surface area contributed by atoms with Crippen molar-refractivity contribution in [3.63, 3.8) is 0 Å². The summed E-state index contributed by atoms with van der Waals surface area (Å²) in [6.45, 7) is 9.38. The van der Waals surface area contributed by atoms with E-state index in [-0.39, 0.29) is 0 Å². The Labute approximate surface area is 129 Å². The van der Waals surface area contributed by atoms with Crippen LogP contribution < -0.4 is 0 Å². The van der Waals surface area contributed by atoms with E-state index in [2.05, 4.69) is 43.7 Å². The van der Waals surface area contributed by atoms with Crippen LogP contribution in [0.2, 0.25) is 0 Å². The van der Waals surface area contributed by atoms with Gasteiger partial charge in [0.15, 0.2) is 0 Å². The molecule has 0 saturated carbocycles. The number of piperazine rings is 1. The van der Waals surface area contributed by atoms with Crippen molar-refractivity contribution in [2.45, 2.75) is 32.9 Å². The second kappa shape index (κ2) is 6.68. The van der Waals surface area contributed by atoms with Gasteiger partial charge in [0.1, 0.15) is 0 Å². The standard InChI is InChI=1S/C15H22N4OS/c1-3-14-16-17-15(20-14)10-18-5-7-19(8-6-18)12(2)13-4-9-21-11-13/h4,9,11-12H,3,5-8,10H2,1-2H3/t12-/m1/s1. The highest BCUT2D eigenvalue weighted by molar-refractivity contribution is 7.07. The van der Waals surface area contributed by atoms with Gasteiger partial charge in [-0.2, -0.15) is 11.3 Å². The molecule has 0 aliphatic carbocycles. The summed E-state index contributed by atoms with van der Waals surface area (Å²) in [6.07, 6.45) is 0.804. The molecule has 0 radical (unpaired) electrons. The van der Waals surface area contributed by atoms with Gasteiger partial charge >= 0.3 is 0 Å². The molecule has 0 N–H and O–H groups in total. The van der Waals surface area contributed by atoms with Crippen molar-refractivity contribution in [3.8, 4) is 0 Å². The van der Waals surface area contributed by atoms with E-state index in [0.717, 1.165) is 50.9 Å². The Morgan fingerprint density at radius 2 is 2.00 bits per heavy atom. The quantitative estimate of drug-likeness (QED) is 0.849. The summed E-state index contributed by atoms with van der Waals surface area (Å²) >= 11 is 1.77. The molecule has 0 aromatic carbocycles. The molecule has 1 aliphatic heterocycles. The van der Waals surface area contributed by atoms with Crippen LogP contribution in [0.15, 0.2) is 21.2 Å². The normalized spacial score (nSPS) is 19.0. The molecule has 0 bridgehead atoms. The molecule has 2 aromatic heterocycles. The number of hydrogen-bond acceptors (Lipinski definition) is 6. The number of thiophene rings is 1. The van der Waals surface area contributed by atoms with Crippen LogP contribution in [-0.2, 0) is 13.0 Å². The zero-order chi connectivity index (χ0) is 14.7. The van der Waals surface area contributed by atoms with Gasteiger partial charge < -0.3 is 4.42 Å². The van der Waals surface area contributed by atoms with Crippen molar-refractivity contribution in [3.05, 3.63) is 34.2 Å². The van der Waals surface area contributed by atoms with Gasteiger partial charge in [-0.25, -0.2) is 0 Å². The van der Waals surface area contributed by atoms with Gasteiger partial charge in [-0.3, -0.25) is 9.80 Å². The van der Waals surface area contributed by atoms with Gasteiger partial charge in [-0.05, 0) is 29.3 Å². The summed E-state index contributed by atoms with van der Waals surface area (Å²) < 4.78 is 5.59. The van der Waals surface area contributed by atoms with E-state index in [1.165, 1.54) is 5.56 Å². The van der Waals surface area contributed by atoms with Crippen LogP contribution in [0.3, 0.4) is 0 Å². The average molecular weight is 306 g/mol. The topological polar surface area (TPSA) is 45.4 Å². The number of hydrogen-bond donors (Lipinski definition) is 0. The lowest BCUT2D eigenvalue weighted by molar-refractivity contribution is 0.0920. The average Bonchev–Trinajstić information content (AvgIpc) is 3.19. The summed E-state index contributed by atoms with van der Waals surface area (Å²) in [7, 11) is 0. The van der Waals surface area contributed by atoms with Gasteiger partial charge in [0.05, 0.1) is 6.54 Å². The molecule has 0 unspecified atom stereocenters. The van der Waals surface area contributed by atoms with Gasteiger partial charge in [0.2, 0.25) is 11.8 Å². The zero-order valence-corrected chi connectivity index (χ0v) is 13.5. The summed E-state index contributed by atoms with van der Waals surface area (Å²) in [6, 6.07) is 2.74. The molecule has 3 heterocycles. The predicted molar refractivity (Wildman–Crippen MR) is 83.3 cm³/mol. The maximum atomic E-state index is 5.59. The number of nitrogens with zero attached hydrogens (tertiary/aromatic N) is 4. The van der Waals surface area contributed by atoms with E-state index in [0.29, 0.717) is 6.04 Å². The zero-order valence-electron chi connectivity index (χ0n) is 12.7. The molecule has 114 valence electrons. The Morgan fingerprint density at radius 3 is 2.62 bits per heavy atom. The molecule has 21 heavy (non-hydrogen) atoms. The van der Waals surface area contributed by atoms with Crippen LogP contribution in [0.5, 0.6) is 0 Å². The van der Waals surface area contributed by atoms with Crippen LogP contribution in [0.25, 0.3) is 0 Å². The highest BCUT2D eigenvalue weighted by Gasteiger charge is 2.23. The Bertz CT molecular complexity index is 546. The minimum atomic E-state index is 0.508. The lowest BCUT2D eigenvalue weighted by atomic mass is 10.1. The fourth-order valence-electron chi connectivity index (χ4n) is 2.72. The largest absolute Gasteiger partial charge is 0.424 e. The first kappa shape index (κ1) is 14.7. The first-order valence-electron chi connectivity index (χ1n) is 7.56. The maximum absolute atomic E-state index is 5.59. The van der Waals surface area contributed by atoms with Crippen LogP contribution in [-0.4, -0.2) is 46.2 Å². The van der Waals surface area contributed by atoms with Gasteiger partial charge in [0.25, 0.3) is 0 Å². The monoisotopic (exact) mass is 306 g/mol. The molecule has 3 rings (SSSR count). The Kier molecular flexibility index (Phi) is 4.67. The summed E-state index contributed by atoms with van der Waals surface area (Å²) in [4.78, 5) is 4.94. The van der Waals surface area contributed by atoms with Crippen molar-refractivity contribution in [1.29, 1.82) is 0 Å². The number of rotatable bonds is 5. The number of aryl methyl sites for hydroxylation is 1. The molecule has 1 atom stereocenters. The molecular formula is C15H22N4OS. The van der Waals surface area contributed by atoms with Gasteiger partial charge in [-0.15, -0.1) is 10.2 Å². The van der Waals surface area contributed by atoms with Gasteiger partial charge in [0, 0.05) is 38.6 Å². The van der Waals surface area contributed by atoms with E-state index < -0.39 is 0 Å². The lowest BCUT2D eigenvalue weighted by Gasteiger charge is -2.37. The minimum absolute atomic E-state index is 0.508. The maximum Gasteiger partial charge on any atom is 0.230 e. The highest BCUT2D eigenvalue weighted by atomic mass is 32.1. The molecule has 2 aromatic rings. The highest BCUT2D eigenvalue weighted by Crippen LogP contribution is 2.23. The van der Waals surface area contributed by atoms with Crippen molar-refractivity contribution in [2.24, 2.45) is 0 Å². The van der Waals surface area contributed by atoms with E-state index in [4.69, 9.17) is 4.42 Å². The van der Waals surface area contributed by atoms with Crippen molar-refractivity contribution in [1.82, 2.24) is 20.0 Å². The SMILES string of the molecule is CCc1nnc(CN2CCN([C@H](C)c3ccsc3)CC2)o1. The first-order valence-corrected chi connectivity index (χ1v) is 8.50. The third kappa shape index (κ3) is 3.51. The summed E-state index contributed by atoms with van der Waals surface area (Å²) in [5.41, 5.74) is 1.43. The molecule has 0 amide bonds. The molecule has 0 spiro atoms. The molecular weight excluding hydrogens is 284 g/mol. The Balaban J connectivity index is 1.50. The molecule has 1 fully saturated rings.